The van der Waals surface area contributed by atoms with Crippen molar-refractivity contribution in [3.63, 3.8) is 0 Å². The lowest BCUT2D eigenvalue weighted by atomic mass is 10.3. The highest BCUT2D eigenvalue weighted by molar-refractivity contribution is 6.92. The number of hydrogen-bond acceptors (Lipinski definition) is 3. The molecule has 0 aliphatic carbocycles. The molecule has 1 atom stereocenters. The molecule has 0 aliphatic rings. The molecule has 22 heavy (non-hydrogen) atoms. The smallest absolute Gasteiger partial charge is 0.00127 e. The number of hydrogen-bond donors (Lipinski definition) is 3. The number of nitrogens with one attached hydrogen (secondary N) is 3. The minimum atomic E-state index is 0. The van der Waals surface area contributed by atoms with Crippen LogP contribution in [0.3, 0.4) is 0 Å². The first-order valence-corrected chi connectivity index (χ1v) is 8.66. The maximum Gasteiger partial charge on any atom is 0.00127 e. The molecule has 0 fully saturated rings. The average molecular weight is 338 g/mol. The SMILES string of the molecule is CC(C)NC(C)C.CC(C)NC(C)C.CC(C)NC(C)C.P. The van der Waals surface area contributed by atoms with Gasteiger partial charge < -0.3 is 16.0 Å². The lowest BCUT2D eigenvalue weighted by Gasteiger charge is -2.10. The van der Waals surface area contributed by atoms with Crippen molar-refractivity contribution in [3.05, 3.63) is 0 Å². The summed E-state index contributed by atoms with van der Waals surface area (Å²) in [7, 11) is 0. The summed E-state index contributed by atoms with van der Waals surface area (Å²) in [6.07, 6.45) is 0. The molecule has 3 nitrogen and oxygen atoms in total. The molecule has 0 aromatic carbocycles. The van der Waals surface area contributed by atoms with Crippen LogP contribution >= 0.6 is 9.90 Å². The van der Waals surface area contributed by atoms with E-state index in [0.717, 1.165) is 0 Å². The lowest BCUT2D eigenvalue weighted by molar-refractivity contribution is 0.518. The first-order valence-electron chi connectivity index (χ1n) is 8.66. The minimum absolute atomic E-state index is 0. The maximum absolute atomic E-state index is 3.31. The summed E-state index contributed by atoms with van der Waals surface area (Å²) in [4.78, 5) is 0. The quantitative estimate of drug-likeness (QED) is 0.635. The number of rotatable bonds is 6. The molecule has 0 saturated carbocycles. The fraction of sp³-hybridized carbons (Fsp3) is 1.00. The third kappa shape index (κ3) is 50.0. The van der Waals surface area contributed by atoms with Crippen molar-refractivity contribution in [1.29, 1.82) is 0 Å². The normalized spacial score (nSPS) is 10.6. The van der Waals surface area contributed by atoms with Gasteiger partial charge in [0.2, 0.25) is 0 Å². The largest absolute Gasteiger partial charge is 0.312 e. The van der Waals surface area contributed by atoms with Crippen LogP contribution in [-0.2, 0) is 0 Å². The molecule has 140 valence electrons. The third-order valence-electron chi connectivity index (χ3n) is 2.00. The van der Waals surface area contributed by atoms with Crippen LogP contribution in [0.2, 0.25) is 0 Å². The summed E-state index contributed by atoms with van der Waals surface area (Å²) in [6, 6.07) is 3.75. The zero-order chi connectivity index (χ0) is 17.6. The van der Waals surface area contributed by atoms with E-state index in [0.29, 0.717) is 36.3 Å². The van der Waals surface area contributed by atoms with Gasteiger partial charge in [-0.3, -0.25) is 0 Å². The summed E-state index contributed by atoms with van der Waals surface area (Å²) in [6.45, 7) is 25.8. The molecule has 0 aromatic heterocycles. The second-order valence-corrected chi connectivity index (χ2v) is 7.43. The van der Waals surface area contributed by atoms with Crippen molar-refractivity contribution in [3.8, 4) is 0 Å². The lowest BCUT2D eigenvalue weighted by Crippen LogP contribution is -2.29. The van der Waals surface area contributed by atoms with Gasteiger partial charge in [0, 0.05) is 36.3 Å². The second-order valence-electron chi connectivity index (χ2n) is 7.43. The van der Waals surface area contributed by atoms with E-state index in [-0.39, 0.29) is 9.90 Å². The van der Waals surface area contributed by atoms with Crippen LogP contribution in [0.25, 0.3) is 0 Å². The van der Waals surface area contributed by atoms with Crippen LogP contribution in [0.15, 0.2) is 0 Å². The van der Waals surface area contributed by atoms with Gasteiger partial charge in [0.15, 0.2) is 0 Å². The predicted molar refractivity (Wildman–Crippen MR) is 111 cm³/mol. The first-order chi connectivity index (χ1) is 9.38. The monoisotopic (exact) mass is 337 g/mol. The minimum Gasteiger partial charge on any atom is -0.312 e. The second kappa shape index (κ2) is 19.4. The topological polar surface area (TPSA) is 36.1 Å². The van der Waals surface area contributed by atoms with E-state index in [1.54, 1.807) is 0 Å². The van der Waals surface area contributed by atoms with E-state index >= 15 is 0 Å². The fourth-order valence-electron chi connectivity index (χ4n) is 2.00. The maximum atomic E-state index is 3.31. The van der Waals surface area contributed by atoms with Gasteiger partial charge in [0.25, 0.3) is 0 Å². The van der Waals surface area contributed by atoms with Gasteiger partial charge in [-0.05, 0) is 0 Å². The van der Waals surface area contributed by atoms with Gasteiger partial charge in [-0.25, -0.2) is 0 Å². The molecule has 0 rings (SSSR count). The molecular weight excluding hydrogens is 289 g/mol. The zero-order valence-electron chi connectivity index (χ0n) is 17.7. The van der Waals surface area contributed by atoms with Gasteiger partial charge in [-0.1, -0.05) is 83.1 Å². The molecule has 0 aliphatic heterocycles. The Kier molecular flexibility index (Phi) is 26.6. The molecule has 0 aromatic rings. The van der Waals surface area contributed by atoms with Crippen LogP contribution in [0.4, 0.5) is 0 Å². The van der Waals surface area contributed by atoms with Crippen molar-refractivity contribution in [2.45, 2.75) is 119 Å². The van der Waals surface area contributed by atoms with Crippen LogP contribution in [-0.4, -0.2) is 36.3 Å². The molecular formula is C18H48N3P. The summed E-state index contributed by atoms with van der Waals surface area (Å²) in [5.74, 6) is 0. The van der Waals surface area contributed by atoms with Gasteiger partial charge >= 0.3 is 0 Å². The van der Waals surface area contributed by atoms with Crippen LogP contribution in [0, 0.1) is 0 Å². The predicted octanol–water partition coefficient (Wildman–Crippen LogP) is 4.24. The van der Waals surface area contributed by atoms with E-state index in [2.05, 4.69) is 99.0 Å². The Bertz CT molecular complexity index is 139. The van der Waals surface area contributed by atoms with E-state index in [9.17, 15) is 0 Å². The van der Waals surface area contributed by atoms with Crippen LogP contribution < -0.4 is 16.0 Å². The van der Waals surface area contributed by atoms with Gasteiger partial charge in [-0.15, -0.1) is 0 Å². The molecule has 0 bridgehead atoms. The molecule has 3 N–H and O–H groups in total. The van der Waals surface area contributed by atoms with Gasteiger partial charge in [0.1, 0.15) is 0 Å². The Hall–Kier alpha value is 0.310. The fourth-order valence-corrected chi connectivity index (χ4v) is 2.00. The van der Waals surface area contributed by atoms with Crippen molar-refractivity contribution in [2.24, 2.45) is 0 Å². The molecule has 0 radical (unpaired) electrons. The standard InChI is InChI=1S/3C6H15N.H3P/c3*1-5(2)7-6(3)4;/h3*5-7H,1-4H3;1H3. The van der Waals surface area contributed by atoms with Crippen LogP contribution in [0.5, 0.6) is 0 Å². The zero-order valence-corrected chi connectivity index (χ0v) is 19.1. The van der Waals surface area contributed by atoms with E-state index in [4.69, 9.17) is 0 Å². The molecule has 0 spiro atoms. The molecule has 0 heterocycles. The molecule has 1 unspecified atom stereocenters. The van der Waals surface area contributed by atoms with E-state index in [1.807, 2.05) is 0 Å². The average Bonchev–Trinajstić information content (AvgIpc) is 2.10. The van der Waals surface area contributed by atoms with Crippen LogP contribution in [0.1, 0.15) is 83.1 Å². The van der Waals surface area contributed by atoms with E-state index in [1.165, 1.54) is 0 Å². The third-order valence-corrected chi connectivity index (χ3v) is 2.00. The van der Waals surface area contributed by atoms with Gasteiger partial charge in [-0.2, -0.15) is 9.90 Å². The summed E-state index contributed by atoms with van der Waals surface area (Å²) in [5, 5.41) is 9.92. The Labute approximate surface area is 145 Å². The van der Waals surface area contributed by atoms with Crippen molar-refractivity contribution in [2.75, 3.05) is 0 Å². The van der Waals surface area contributed by atoms with Crippen molar-refractivity contribution in [1.82, 2.24) is 16.0 Å². The Morgan fingerprint density at radius 2 is 0.409 bits per heavy atom. The Morgan fingerprint density at radius 3 is 0.409 bits per heavy atom. The molecule has 4 heteroatoms. The molecule has 0 saturated heterocycles. The highest BCUT2D eigenvalue weighted by atomic mass is 31.0. The van der Waals surface area contributed by atoms with Gasteiger partial charge in [0.05, 0.1) is 0 Å². The van der Waals surface area contributed by atoms with Crippen molar-refractivity contribution < 1.29 is 0 Å². The summed E-state index contributed by atoms with van der Waals surface area (Å²) >= 11 is 0. The highest BCUT2D eigenvalue weighted by Gasteiger charge is 1.93. The Morgan fingerprint density at radius 1 is 0.318 bits per heavy atom. The Balaban J connectivity index is -0.000000108. The van der Waals surface area contributed by atoms with Crippen molar-refractivity contribution >= 4 is 9.90 Å². The summed E-state index contributed by atoms with van der Waals surface area (Å²) < 4.78 is 0. The first kappa shape index (κ1) is 30.2. The van der Waals surface area contributed by atoms with E-state index < -0.39 is 0 Å². The summed E-state index contributed by atoms with van der Waals surface area (Å²) in [5.41, 5.74) is 0. The highest BCUT2D eigenvalue weighted by Crippen LogP contribution is 1.82. The molecule has 0 amide bonds.